The van der Waals surface area contributed by atoms with E-state index in [1.807, 2.05) is 43.3 Å². The molecule has 2 rings (SSSR count). The van der Waals surface area contributed by atoms with Crippen LogP contribution in [-0.2, 0) is 11.3 Å². The van der Waals surface area contributed by atoms with E-state index in [1.165, 1.54) is 0 Å². The zero-order valence-corrected chi connectivity index (χ0v) is 12.8. The number of aryl methyl sites for hydroxylation is 1. The smallest absolute Gasteiger partial charge is 0.239 e. The molecule has 0 bridgehead atoms. The molecule has 0 spiro atoms. The number of rotatable bonds is 5. The third-order valence-electron chi connectivity index (χ3n) is 2.81. The Morgan fingerprint density at radius 1 is 1.30 bits per heavy atom. The van der Waals surface area contributed by atoms with Crippen LogP contribution in [0.2, 0.25) is 0 Å². The molecule has 0 aliphatic heterocycles. The second kappa shape index (κ2) is 7.05. The minimum absolute atomic E-state index is 0.0591. The summed E-state index contributed by atoms with van der Waals surface area (Å²) >= 11 is 3.39. The van der Waals surface area contributed by atoms with Crippen molar-refractivity contribution < 1.29 is 4.79 Å². The summed E-state index contributed by atoms with van der Waals surface area (Å²) in [5.74, 6) is 0.636. The topological polar surface area (TPSA) is 54.0 Å². The average Bonchev–Trinajstić information content (AvgIpc) is 2.47. The van der Waals surface area contributed by atoms with Gasteiger partial charge in [0.25, 0.3) is 0 Å². The van der Waals surface area contributed by atoms with Gasteiger partial charge in [-0.3, -0.25) is 4.79 Å². The first-order valence-electron chi connectivity index (χ1n) is 6.32. The molecule has 0 aliphatic carbocycles. The van der Waals surface area contributed by atoms with E-state index in [-0.39, 0.29) is 12.5 Å². The van der Waals surface area contributed by atoms with Crippen LogP contribution in [0, 0.1) is 6.92 Å². The van der Waals surface area contributed by atoms with Gasteiger partial charge >= 0.3 is 0 Å². The monoisotopic (exact) mass is 333 g/mol. The molecule has 1 amide bonds. The Labute approximate surface area is 126 Å². The summed E-state index contributed by atoms with van der Waals surface area (Å²) in [5.41, 5.74) is 2.16. The molecule has 0 radical (unpaired) electrons. The van der Waals surface area contributed by atoms with Crippen molar-refractivity contribution in [2.75, 3.05) is 11.9 Å². The largest absolute Gasteiger partial charge is 0.361 e. The number of benzene rings is 1. The summed E-state index contributed by atoms with van der Waals surface area (Å²) < 4.78 is 0.955. The van der Waals surface area contributed by atoms with Crippen molar-refractivity contribution in [3.8, 4) is 0 Å². The summed E-state index contributed by atoms with van der Waals surface area (Å²) in [4.78, 5) is 15.9. The second-order valence-corrected chi connectivity index (χ2v) is 5.29. The summed E-state index contributed by atoms with van der Waals surface area (Å²) in [6.45, 7) is 2.72. The minimum atomic E-state index is -0.0591. The fourth-order valence-electron chi connectivity index (χ4n) is 1.67. The predicted octanol–water partition coefficient (Wildman–Crippen LogP) is 2.88. The van der Waals surface area contributed by atoms with Gasteiger partial charge in [-0.05, 0) is 40.0 Å². The van der Waals surface area contributed by atoms with Crippen LogP contribution in [0.3, 0.4) is 0 Å². The van der Waals surface area contributed by atoms with Gasteiger partial charge in [0.05, 0.1) is 6.54 Å². The average molecular weight is 334 g/mol. The highest BCUT2D eigenvalue weighted by Crippen LogP contribution is 2.16. The fraction of sp³-hybridized carbons (Fsp3) is 0.200. The Morgan fingerprint density at radius 2 is 2.05 bits per heavy atom. The van der Waals surface area contributed by atoms with E-state index in [0.717, 1.165) is 15.6 Å². The van der Waals surface area contributed by atoms with Crippen molar-refractivity contribution in [2.45, 2.75) is 13.5 Å². The number of halogens is 1. The Balaban J connectivity index is 1.79. The van der Waals surface area contributed by atoms with Gasteiger partial charge < -0.3 is 10.6 Å². The summed E-state index contributed by atoms with van der Waals surface area (Å²) in [5, 5.41) is 5.86. The zero-order chi connectivity index (χ0) is 14.4. The highest BCUT2D eigenvalue weighted by atomic mass is 79.9. The molecular weight excluding hydrogens is 318 g/mol. The number of carbonyl (C=O) groups is 1. The van der Waals surface area contributed by atoms with Crippen molar-refractivity contribution in [2.24, 2.45) is 0 Å². The SMILES string of the molecule is Cc1cc(NCC(=O)NCc2ccccc2)ncc1Br. The van der Waals surface area contributed by atoms with Crippen LogP contribution in [0.25, 0.3) is 0 Å². The number of nitrogens with zero attached hydrogens (tertiary/aromatic N) is 1. The van der Waals surface area contributed by atoms with Crippen LogP contribution < -0.4 is 10.6 Å². The molecule has 0 fully saturated rings. The Hall–Kier alpha value is -1.88. The van der Waals surface area contributed by atoms with E-state index in [0.29, 0.717) is 12.4 Å². The van der Waals surface area contributed by atoms with E-state index >= 15 is 0 Å². The van der Waals surface area contributed by atoms with Gasteiger partial charge in [0, 0.05) is 17.2 Å². The van der Waals surface area contributed by atoms with Gasteiger partial charge in [-0.2, -0.15) is 0 Å². The number of carbonyl (C=O) groups excluding carboxylic acids is 1. The molecule has 5 heteroatoms. The summed E-state index contributed by atoms with van der Waals surface area (Å²) in [6.07, 6.45) is 1.72. The number of hydrogen-bond acceptors (Lipinski definition) is 3. The van der Waals surface area contributed by atoms with Crippen molar-refractivity contribution >= 4 is 27.7 Å². The molecule has 1 aromatic carbocycles. The lowest BCUT2D eigenvalue weighted by Crippen LogP contribution is -2.29. The second-order valence-electron chi connectivity index (χ2n) is 4.43. The van der Waals surface area contributed by atoms with Crippen molar-refractivity contribution in [1.29, 1.82) is 0 Å². The van der Waals surface area contributed by atoms with Crippen molar-refractivity contribution in [3.05, 3.63) is 58.2 Å². The molecule has 0 unspecified atom stereocenters. The maximum Gasteiger partial charge on any atom is 0.239 e. The quantitative estimate of drug-likeness (QED) is 0.884. The van der Waals surface area contributed by atoms with E-state index < -0.39 is 0 Å². The third kappa shape index (κ3) is 4.35. The Bertz CT molecular complexity index is 587. The molecule has 0 saturated carbocycles. The Kier molecular flexibility index (Phi) is 5.12. The van der Waals surface area contributed by atoms with Crippen LogP contribution in [0.5, 0.6) is 0 Å². The molecule has 0 atom stereocenters. The van der Waals surface area contributed by atoms with E-state index in [1.54, 1.807) is 6.20 Å². The maximum absolute atomic E-state index is 11.7. The van der Waals surface area contributed by atoms with Crippen molar-refractivity contribution in [1.82, 2.24) is 10.3 Å². The first-order valence-corrected chi connectivity index (χ1v) is 7.11. The number of hydrogen-bond donors (Lipinski definition) is 2. The number of pyridine rings is 1. The minimum Gasteiger partial charge on any atom is -0.361 e. The summed E-state index contributed by atoms with van der Waals surface area (Å²) in [7, 11) is 0. The number of anilines is 1. The van der Waals surface area contributed by atoms with E-state index in [2.05, 4.69) is 31.5 Å². The van der Waals surface area contributed by atoms with Crippen molar-refractivity contribution in [3.63, 3.8) is 0 Å². The molecule has 1 aromatic heterocycles. The standard InChI is InChI=1S/C15H16BrN3O/c1-11-7-14(17-9-13(11)16)18-10-15(20)19-8-12-5-3-2-4-6-12/h2-7,9H,8,10H2,1H3,(H,17,18)(H,19,20). The lowest BCUT2D eigenvalue weighted by atomic mass is 10.2. The van der Waals surface area contributed by atoms with Gasteiger partial charge in [0.15, 0.2) is 0 Å². The summed E-state index contributed by atoms with van der Waals surface area (Å²) in [6, 6.07) is 11.7. The molecule has 104 valence electrons. The fourth-order valence-corrected chi connectivity index (χ4v) is 1.88. The normalized spacial score (nSPS) is 10.1. The molecule has 1 heterocycles. The number of amides is 1. The number of aromatic nitrogens is 1. The van der Waals surface area contributed by atoms with Gasteiger partial charge in [-0.25, -0.2) is 4.98 Å². The number of nitrogens with one attached hydrogen (secondary N) is 2. The van der Waals surface area contributed by atoms with Gasteiger partial charge in [-0.15, -0.1) is 0 Å². The highest BCUT2D eigenvalue weighted by molar-refractivity contribution is 9.10. The predicted molar refractivity (Wildman–Crippen MR) is 83.5 cm³/mol. The van der Waals surface area contributed by atoms with Crippen LogP contribution in [0.15, 0.2) is 47.1 Å². The molecule has 0 saturated heterocycles. The molecule has 2 aromatic rings. The first kappa shape index (κ1) is 14.5. The molecule has 20 heavy (non-hydrogen) atoms. The lowest BCUT2D eigenvalue weighted by Gasteiger charge is -2.08. The first-order chi connectivity index (χ1) is 9.65. The molecule has 4 nitrogen and oxygen atoms in total. The molecular formula is C15H16BrN3O. The van der Waals surface area contributed by atoms with Crippen LogP contribution in [-0.4, -0.2) is 17.4 Å². The maximum atomic E-state index is 11.7. The third-order valence-corrected chi connectivity index (χ3v) is 3.64. The lowest BCUT2D eigenvalue weighted by molar-refractivity contribution is -0.119. The van der Waals surface area contributed by atoms with Crippen LogP contribution >= 0.6 is 15.9 Å². The van der Waals surface area contributed by atoms with Gasteiger partial charge in [0.1, 0.15) is 5.82 Å². The van der Waals surface area contributed by atoms with Crippen LogP contribution in [0.4, 0.5) is 5.82 Å². The zero-order valence-electron chi connectivity index (χ0n) is 11.2. The van der Waals surface area contributed by atoms with Crippen LogP contribution in [0.1, 0.15) is 11.1 Å². The van der Waals surface area contributed by atoms with E-state index in [4.69, 9.17) is 0 Å². The molecule has 0 aliphatic rings. The molecule has 2 N–H and O–H groups in total. The van der Waals surface area contributed by atoms with Gasteiger partial charge in [0.2, 0.25) is 5.91 Å². The van der Waals surface area contributed by atoms with E-state index in [9.17, 15) is 4.79 Å². The highest BCUT2D eigenvalue weighted by Gasteiger charge is 2.03. The Morgan fingerprint density at radius 3 is 2.75 bits per heavy atom. The van der Waals surface area contributed by atoms with Gasteiger partial charge in [-0.1, -0.05) is 30.3 Å².